The van der Waals surface area contributed by atoms with Crippen LogP contribution in [0.25, 0.3) is 0 Å². The number of nitrogens with one attached hydrogen (secondary N) is 1. The van der Waals surface area contributed by atoms with Gasteiger partial charge in [0.15, 0.2) is 0 Å². The summed E-state index contributed by atoms with van der Waals surface area (Å²) in [6, 6.07) is 4.74. The molecule has 2 aliphatic rings. The molecule has 0 spiro atoms. The number of carbonyl (C=O) groups is 2. The lowest BCUT2D eigenvalue weighted by Gasteiger charge is -2.32. The van der Waals surface area contributed by atoms with Crippen molar-refractivity contribution in [2.45, 2.75) is 37.1 Å². The zero-order chi connectivity index (χ0) is 22.2. The summed E-state index contributed by atoms with van der Waals surface area (Å²) in [4.78, 5) is 33.9. The number of fused-ring (bicyclic) bond motifs is 1. The lowest BCUT2D eigenvalue weighted by atomic mass is 10.0. The summed E-state index contributed by atoms with van der Waals surface area (Å²) in [6.07, 6.45) is 2.17. The van der Waals surface area contributed by atoms with Crippen LogP contribution in [0, 0.1) is 6.92 Å². The van der Waals surface area contributed by atoms with E-state index < -0.39 is 10.0 Å². The second-order valence-corrected chi connectivity index (χ2v) is 10.3. The number of aromatic nitrogens is 1. The van der Waals surface area contributed by atoms with Crippen LogP contribution in [0.15, 0.2) is 28.6 Å². The summed E-state index contributed by atoms with van der Waals surface area (Å²) >= 11 is 1.34. The number of likely N-dealkylation sites (tertiary alicyclic amines) is 1. The first-order valence-electron chi connectivity index (χ1n) is 10.1. The van der Waals surface area contributed by atoms with E-state index in [-0.39, 0.29) is 22.8 Å². The highest BCUT2D eigenvalue weighted by atomic mass is 32.2. The first kappa shape index (κ1) is 21.9. The van der Waals surface area contributed by atoms with Crippen LogP contribution < -0.4 is 15.4 Å². The van der Waals surface area contributed by atoms with Crippen molar-refractivity contribution in [3.63, 3.8) is 0 Å². The number of sulfonamides is 1. The molecule has 11 heteroatoms. The van der Waals surface area contributed by atoms with Crippen molar-refractivity contribution >= 4 is 38.9 Å². The highest BCUT2D eigenvalue weighted by molar-refractivity contribution is 7.89. The van der Waals surface area contributed by atoms with Gasteiger partial charge in [0, 0.05) is 31.4 Å². The Morgan fingerprint density at radius 3 is 2.65 bits per heavy atom. The number of anilines is 1. The van der Waals surface area contributed by atoms with Gasteiger partial charge in [-0.2, -0.15) is 0 Å². The Kier molecular flexibility index (Phi) is 6.11. The summed E-state index contributed by atoms with van der Waals surface area (Å²) < 4.78 is 23.1. The van der Waals surface area contributed by atoms with Gasteiger partial charge in [0.1, 0.15) is 4.88 Å². The van der Waals surface area contributed by atoms with E-state index in [0.29, 0.717) is 24.4 Å². The van der Waals surface area contributed by atoms with Gasteiger partial charge in [0.25, 0.3) is 5.91 Å². The number of primary sulfonamides is 1. The number of nitrogens with two attached hydrogens (primary N) is 1. The third-order valence-electron chi connectivity index (χ3n) is 5.81. The Morgan fingerprint density at radius 2 is 2.00 bits per heavy atom. The maximum absolute atomic E-state index is 12.9. The molecule has 4 rings (SSSR count). The van der Waals surface area contributed by atoms with Crippen LogP contribution in [0.4, 0.5) is 5.69 Å². The van der Waals surface area contributed by atoms with Crippen molar-refractivity contribution in [1.29, 1.82) is 0 Å². The van der Waals surface area contributed by atoms with Gasteiger partial charge < -0.3 is 10.2 Å². The number of hydrogen-bond acceptors (Lipinski definition) is 7. The Morgan fingerprint density at radius 1 is 1.26 bits per heavy atom. The zero-order valence-corrected chi connectivity index (χ0v) is 18.8. The maximum Gasteiger partial charge on any atom is 0.263 e. The minimum Gasteiger partial charge on any atom is -0.348 e. The van der Waals surface area contributed by atoms with E-state index >= 15 is 0 Å². The zero-order valence-electron chi connectivity index (χ0n) is 17.2. The Labute approximate surface area is 185 Å². The number of benzene rings is 1. The average Bonchev–Trinajstić information content (AvgIpc) is 3.34. The fraction of sp³-hybridized carbons (Fsp3) is 0.450. The van der Waals surface area contributed by atoms with Gasteiger partial charge in [-0.05, 0) is 49.9 Å². The van der Waals surface area contributed by atoms with Gasteiger partial charge in [-0.3, -0.25) is 14.5 Å². The van der Waals surface area contributed by atoms with Gasteiger partial charge in [-0.25, -0.2) is 18.5 Å². The van der Waals surface area contributed by atoms with Crippen LogP contribution >= 0.6 is 11.3 Å². The number of piperidine rings is 1. The molecule has 1 aromatic carbocycles. The molecule has 2 aliphatic heterocycles. The second kappa shape index (κ2) is 8.65. The predicted molar refractivity (Wildman–Crippen MR) is 118 cm³/mol. The van der Waals surface area contributed by atoms with Crippen LogP contribution in [0.2, 0.25) is 0 Å². The quantitative estimate of drug-likeness (QED) is 0.678. The van der Waals surface area contributed by atoms with Gasteiger partial charge in [-0.15, -0.1) is 11.3 Å². The summed E-state index contributed by atoms with van der Waals surface area (Å²) in [5.74, 6) is -0.0908. The first-order chi connectivity index (χ1) is 14.7. The number of amides is 2. The van der Waals surface area contributed by atoms with E-state index in [1.807, 2.05) is 6.92 Å². The third kappa shape index (κ3) is 4.79. The van der Waals surface area contributed by atoms with Crippen molar-refractivity contribution in [3.05, 3.63) is 39.8 Å². The predicted octanol–water partition coefficient (Wildman–Crippen LogP) is 0.882. The molecule has 1 saturated heterocycles. The Bertz CT molecular complexity index is 1110. The Hall–Kier alpha value is -2.34. The fourth-order valence-electron chi connectivity index (χ4n) is 4.10. The molecular formula is C20H25N5O4S2. The largest absolute Gasteiger partial charge is 0.348 e. The molecule has 0 bridgehead atoms. The van der Waals surface area contributed by atoms with Crippen LogP contribution in [-0.2, 0) is 21.2 Å². The average molecular weight is 464 g/mol. The maximum atomic E-state index is 12.9. The van der Waals surface area contributed by atoms with Crippen molar-refractivity contribution in [1.82, 2.24) is 15.2 Å². The van der Waals surface area contributed by atoms with E-state index in [4.69, 9.17) is 5.14 Å². The molecule has 3 N–H and O–H groups in total. The van der Waals surface area contributed by atoms with E-state index in [1.165, 1.54) is 17.4 Å². The minimum absolute atomic E-state index is 0.00937. The van der Waals surface area contributed by atoms with Gasteiger partial charge in [0.2, 0.25) is 15.9 Å². The van der Waals surface area contributed by atoms with E-state index in [1.54, 1.807) is 22.5 Å². The molecule has 9 nitrogen and oxygen atoms in total. The van der Waals surface area contributed by atoms with Crippen LogP contribution in [-0.4, -0.2) is 62.3 Å². The number of hydrogen-bond donors (Lipinski definition) is 2. The lowest BCUT2D eigenvalue weighted by Crippen LogP contribution is -2.48. The molecule has 0 unspecified atom stereocenters. The minimum atomic E-state index is -3.76. The van der Waals surface area contributed by atoms with Crippen molar-refractivity contribution in [2.24, 2.45) is 5.14 Å². The molecule has 0 radical (unpaired) electrons. The molecule has 31 heavy (non-hydrogen) atoms. The molecule has 2 aromatic rings. The van der Waals surface area contributed by atoms with Gasteiger partial charge >= 0.3 is 0 Å². The highest BCUT2D eigenvalue weighted by Gasteiger charge is 2.29. The lowest BCUT2D eigenvalue weighted by molar-refractivity contribution is -0.119. The van der Waals surface area contributed by atoms with Gasteiger partial charge in [0.05, 0.1) is 22.6 Å². The monoisotopic (exact) mass is 463 g/mol. The number of rotatable bonds is 5. The topological polar surface area (TPSA) is 126 Å². The van der Waals surface area contributed by atoms with Crippen molar-refractivity contribution < 1.29 is 18.0 Å². The molecular weight excluding hydrogens is 438 g/mol. The molecule has 0 aliphatic carbocycles. The summed E-state index contributed by atoms with van der Waals surface area (Å²) in [5.41, 5.74) is 3.98. The number of thiazole rings is 1. The number of aryl methyl sites for hydroxylation is 1. The Balaban J connectivity index is 1.30. The molecule has 1 aromatic heterocycles. The highest BCUT2D eigenvalue weighted by Crippen LogP contribution is 2.30. The normalized spacial score (nSPS) is 17.5. The molecule has 0 atom stereocenters. The molecule has 3 heterocycles. The van der Waals surface area contributed by atoms with Crippen LogP contribution in [0.3, 0.4) is 0 Å². The summed E-state index contributed by atoms with van der Waals surface area (Å²) in [7, 11) is -3.76. The SMILES string of the molecule is Cc1ncsc1C(=O)NC1CCN(CC(=O)N2CCc3cc(S(N)(=O)=O)ccc32)CC1. The second-order valence-electron chi connectivity index (χ2n) is 7.92. The standard InChI is InChI=1S/C20H25N5O4S2/c1-13-19(30-12-22-13)20(27)23-15-5-7-24(8-6-15)11-18(26)25-9-4-14-10-16(31(21,28)29)2-3-17(14)25/h2-3,10,12,15H,4-9,11H2,1H3,(H,23,27)(H2,21,28,29). The third-order valence-corrected chi connectivity index (χ3v) is 7.65. The van der Waals surface area contributed by atoms with E-state index in [0.717, 1.165) is 42.9 Å². The van der Waals surface area contributed by atoms with Crippen LogP contribution in [0.5, 0.6) is 0 Å². The molecule has 166 valence electrons. The number of nitrogens with zero attached hydrogens (tertiary/aromatic N) is 3. The van der Waals surface area contributed by atoms with E-state index in [2.05, 4.69) is 15.2 Å². The first-order valence-corrected chi connectivity index (χ1v) is 12.5. The fourth-order valence-corrected chi connectivity index (χ4v) is 5.37. The van der Waals surface area contributed by atoms with Crippen molar-refractivity contribution in [2.75, 3.05) is 31.1 Å². The smallest absolute Gasteiger partial charge is 0.263 e. The molecule has 0 saturated carbocycles. The van der Waals surface area contributed by atoms with Crippen molar-refractivity contribution in [3.8, 4) is 0 Å². The molecule has 2 amide bonds. The van der Waals surface area contributed by atoms with E-state index in [9.17, 15) is 18.0 Å². The molecule has 1 fully saturated rings. The van der Waals surface area contributed by atoms with Crippen LogP contribution in [0.1, 0.15) is 33.8 Å². The van der Waals surface area contributed by atoms with Gasteiger partial charge in [-0.1, -0.05) is 0 Å². The summed E-state index contributed by atoms with van der Waals surface area (Å²) in [5, 5.41) is 8.27. The number of carbonyl (C=O) groups excluding carboxylic acids is 2. The summed E-state index contributed by atoms with van der Waals surface area (Å²) in [6.45, 7) is 4.10.